The summed E-state index contributed by atoms with van der Waals surface area (Å²) in [7, 11) is 3.44. The van der Waals surface area contributed by atoms with Crippen LogP contribution in [0.1, 0.15) is 30.7 Å². The second-order valence-electron chi connectivity index (χ2n) is 6.06. The van der Waals surface area contributed by atoms with Crippen LogP contribution in [0.15, 0.2) is 6.20 Å². The maximum absolute atomic E-state index is 5.47. The van der Waals surface area contributed by atoms with Gasteiger partial charge in [0, 0.05) is 43.2 Å². The third-order valence-electron chi connectivity index (χ3n) is 3.48. The highest BCUT2D eigenvalue weighted by atomic mass is 16.5. The largest absolute Gasteiger partial charge is 0.496 e. The number of rotatable bonds is 8. The molecule has 1 aromatic rings. The van der Waals surface area contributed by atoms with Crippen LogP contribution >= 0.6 is 0 Å². The standard InChI is InChI=1S/C16H28N2O2/c1-12-10-18-14(13(2)15(12)20-6)9-16(3,4)11-17-7-8-19-5/h10,17H,7-9,11H2,1-6H3. The summed E-state index contributed by atoms with van der Waals surface area (Å²) in [5, 5.41) is 3.42. The number of hydrogen-bond donors (Lipinski definition) is 1. The average Bonchev–Trinajstić information content (AvgIpc) is 2.39. The van der Waals surface area contributed by atoms with Gasteiger partial charge < -0.3 is 14.8 Å². The van der Waals surface area contributed by atoms with Gasteiger partial charge >= 0.3 is 0 Å². The molecule has 0 unspecified atom stereocenters. The molecule has 1 aromatic heterocycles. The molecule has 0 fully saturated rings. The zero-order chi connectivity index (χ0) is 15.2. The lowest BCUT2D eigenvalue weighted by molar-refractivity contribution is 0.193. The van der Waals surface area contributed by atoms with Gasteiger partial charge in [-0.2, -0.15) is 0 Å². The minimum absolute atomic E-state index is 0.145. The van der Waals surface area contributed by atoms with E-state index in [0.29, 0.717) is 0 Å². The van der Waals surface area contributed by atoms with Crippen LogP contribution in [-0.4, -0.2) is 38.9 Å². The second kappa shape index (κ2) is 7.60. The van der Waals surface area contributed by atoms with E-state index in [2.05, 4.69) is 31.1 Å². The highest BCUT2D eigenvalue weighted by molar-refractivity contribution is 5.41. The van der Waals surface area contributed by atoms with Crippen molar-refractivity contribution in [2.75, 3.05) is 33.9 Å². The summed E-state index contributed by atoms with van der Waals surface area (Å²) in [6, 6.07) is 0. The van der Waals surface area contributed by atoms with E-state index in [1.54, 1.807) is 14.2 Å². The molecule has 0 aromatic carbocycles. The molecule has 4 heteroatoms. The van der Waals surface area contributed by atoms with Crippen molar-refractivity contribution in [1.29, 1.82) is 0 Å². The van der Waals surface area contributed by atoms with E-state index in [-0.39, 0.29) is 5.41 Å². The minimum atomic E-state index is 0.145. The zero-order valence-electron chi connectivity index (χ0n) is 13.7. The zero-order valence-corrected chi connectivity index (χ0v) is 13.7. The molecule has 114 valence electrons. The Hall–Kier alpha value is -1.13. The summed E-state index contributed by atoms with van der Waals surface area (Å²) in [5.74, 6) is 0.957. The van der Waals surface area contributed by atoms with Crippen LogP contribution < -0.4 is 10.1 Å². The molecule has 20 heavy (non-hydrogen) atoms. The first-order chi connectivity index (χ1) is 9.41. The van der Waals surface area contributed by atoms with E-state index in [1.165, 1.54) is 0 Å². The van der Waals surface area contributed by atoms with Crippen LogP contribution in [0.5, 0.6) is 5.75 Å². The third kappa shape index (κ3) is 4.76. The number of aromatic nitrogens is 1. The lowest BCUT2D eigenvalue weighted by Crippen LogP contribution is -2.33. The first-order valence-corrected chi connectivity index (χ1v) is 7.10. The van der Waals surface area contributed by atoms with Gasteiger partial charge in [-0.05, 0) is 25.7 Å². The van der Waals surface area contributed by atoms with Gasteiger partial charge in [-0.3, -0.25) is 4.98 Å². The number of nitrogens with one attached hydrogen (secondary N) is 1. The Bertz CT molecular complexity index is 431. The fourth-order valence-electron chi connectivity index (χ4n) is 2.37. The predicted molar refractivity (Wildman–Crippen MR) is 82.5 cm³/mol. The van der Waals surface area contributed by atoms with Crippen molar-refractivity contribution in [3.8, 4) is 5.75 Å². The Kier molecular flexibility index (Phi) is 6.43. The van der Waals surface area contributed by atoms with E-state index in [9.17, 15) is 0 Å². The van der Waals surface area contributed by atoms with Gasteiger partial charge in [0.15, 0.2) is 0 Å². The summed E-state index contributed by atoms with van der Waals surface area (Å²) in [6.45, 7) is 11.2. The lowest BCUT2D eigenvalue weighted by atomic mass is 9.86. The fraction of sp³-hybridized carbons (Fsp3) is 0.688. The summed E-state index contributed by atoms with van der Waals surface area (Å²) in [5.41, 5.74) is 3.50. The molecule has 0 aliphatic heterocycles. The van der Waals surface area contributed by atoms with Gasteiger partial charge in [-0.15, -0.1) is 0 Å². The molecule has 0 atom stereocenters. The van der Waals surface area contributed by atoms with Crippen molar-refractivity contribution in [1.82, 2.24) is 10.3 Å². The Balaban J connectivity index is 2.71. The minimum Gasteiger partial charge on any atom is -0.496 e. The summed E-state index contributed by atoms with van der Waals surface area (Å²) < 4.78 is 10.5. The first-order valence-electron chi connectivity index (χ1n) is 7.10. The Morgan fingerprint density at radius 1 is 1.25 bits per heavy atom. The Morgan fingerprint density at radius 3 is 2.55 bits per heavy atom. The normalized spacial score (nSPS) is 11.7. The molecular formula is C16H28N2O2. The van der Waals surface area contributed by atoms with Gasteiger partial charge in [0.05, 0.1) is 13.7 Å². The molecule has 0 spiro atoms. The van der Waals surface area contributed by atoms with E-state index in [4.69, 9.17) is 9.47 Å². The van der Waals surface area contributed by atoms with Gasteiger partial charge in [-0.25, -0.2) is 0 Å². The highest BCUT2D eigenvalue weighted by Crippen LogP contribution is 2.28. The van der Waals surface area contributed by atoms with Gasteiger partial charge in [0.2, 0.25) is 0 Å². The summed E-state index contributed by atoms with van der Waals surface area (Å²) in [4.78, 5) is 4.58. The van der Waals surface area contributed by atoms with E-state index in [1.807, 2.05) is 13.1 Å². The predicted octanol–water partition coefficient (Wildman–Crippen LogP) is 2.51. The SMILES string of the molecule is COCCNCC(C)(C)Cc1ncc(C)c(OC)c1C. The monoisotopic (exact) mass is 280 g/mol. The topological polar surface area (TPSA) is 43.4 Å². The fourth-order valence-corrected chi connectivity index (χ4v) is 2.37. The molecule has 0 aliphatic rings. The van der Waals surface area contributed by atoms with Gasteiger partial charge in [0.25, 0.3) is 0 Å². The van der Waals surface area contributed by atoms with Crippen LogP contribution in [0.4, 0.5) is 0 Å². The van der Waals surface area contributed by atoms with E-state index < -0.39 is 0 Å². The molecular weight excluding hydrogens is 252 g/mol. The van der Waals surface area contributed by atoms with Gasteiger partial charge in [0.1, 0.15) is 5.75 Å². The smallest absolute Gasteiger partial charge is 0.128 e. The summed E-state index contributed by atoms with van der Waals surface area (Å²) in [6.07, 6.45) is 2.82. The van der Waals surface area contributed by atoms with Crippen molar-refractivity contribution in [3.05, 3.63) is 23.0 Å². The van der Waals surface area contributed by atoms with Crippen molar-refractivity contribution < 1.29 is 9.47 Å². The first kappa shape index (κ1) is 16.9. The highest BCUT2D eigenvalue weighted by Gasteiger charge is 2.21. The van der Waals surface area contributed by atoms with Crippen molar-refractivity contribution in [3.63, 3.8) is 0 Å². The molecule has 0 aliphatic carbocycles. The maximum atomic E-state index is 5.47. The molecule has 0 radical (unpaired) electrons. The number of aryl methyl sites for hydroxylation is 1. The van der Waals surface area contributed by atoms with Crippen LogP contribution in [0.2, 0.25) is 0 Å². The van der Waals surface area contributed by atoms with Crippen LogP contribution in [0.3, 0.4) is 0 Å². The molecule has 1 N–H and O–H groups in total. The molecule has 1 rings (SSSR count). The number of ether oxygens (including phenoxy) is 2. The Morgan fingerprint density at radius 2 is 1.95 bits per heavy atom. The Labute approximate surface area is 122 Å². The molecule has 0 saturated carbocycles. The van der Waals surface area contributed by atoms with Crippen molar-refractivity contribution >= 4 is 0 Å². The lowest BCUT2D eigenvalue weighted by Gasteiger charge is -2.26. The molecule has 0 bridgehead atoms. The number of methoxy groups -OCH3 is 2. The van der Waals surface area contributed by atoms with Crippen molar-refractivity contribution in [2.45, 2.75) is 34.1 Å². The second-order valence-corrected chi connectivity index (χ2v) is 6.06. The molecule has 4 nitrogen and oxygen atoms in total. The van der Waals surface area contributed by atoms with Crippen LogP contribution in [-0.2, 0) is 11.2 Å². The quantitative estimate of drug-likeness (QED) is 0.743. The third-order valence-corrected chi connectivity index (χ3v) is 3.48. The number of pyridine rings is 1. The van der Waals surface area contributed by atoms with Crippen LogP contribution in [0.25, 0.3) is 0 Å². The maximum Gasteiger partial charge on any atom is 0.128 e. The number of hydrogen-bond acceptors (Lipinski definition) is 4. The molecule has 1 heterocycles. The molecule has 0 amide bonds. The van der Waals surface area contributed by atoms with Gasteiger partial charge in [-0.1, -0.05) is 13.8 Å². The van der Waals surface area contributed by atoms with E-state index in [0.717, 1.165) is 48.7 Å². The van der Waals surface area contributed by atoms with Crippen LogP contribution in [0, 0.1) is 19.3 Å². The summed E-state index contributed by atoms with van der Waals surface area (Å²) >= 11 is 0. The number of nitrogens with zero attached hydrogens (tertiary/aromatic N) is 1. The van der Waals surface area contributed by atoms with Crippen molar-refractivity contribution in [2.24, 2.45) is 5.41 Å². The molecule has 0 saturated heterocycles. The average molecular weight is 280 g/mol. The van der Waals surface area contributed by atoms with E-state index >= 15 is 0 Å².